The topological polar surface area (TPSA) is 73.3 Å². The maximum atomic E-state index is 12.1. The Morgan fingerprint density at radius 1 is 1.12 bits per heavy atom. The highest BCUT2D eigenvalue weighted by atomic mass is 16.5. The molecule has 0 aliphatic rings. The zero-order chi connectivity index (χ0) is 18.4. The molecule has 0 radical (unpaired) electrons. The number of amides is 1. The van der Waals surface area contributed by atoms with Crippen molar-refractivity contribution in [3.63, 3.8) is 0 Å². The van der Waals surface area contributed by atoms with Crippen molar-refractivity contribution in [3.05, 3.63) is 72.2 Å². The highest BCUT2D eigenvalue weighted by Gasteiger charge is 2.07. The molecule has 0 fully saturated rings. The number of nitrogens with one attached hydrogen (secondary N) is 1. The Kier molecular flexibility index (Phi) is 5.43. The molecule has 0 bridgehead atoms. The molecule has 1 amide bonds. The average Bonchev–Trinajstić information content (AvgIpc) is 2.62. The van der Waals surface area contributed by atoms with Gasteiger partial charge in [-0.25, -0.2) is 4.98 Å². The van der Waals surface area contributed by atoms with E-state index in [4.69, 9.17) is 9.47 Å². The Hall–Kier alpha value is -3.41. The second-order valence-electron chi connectivity index (χ2n) is 5.78. The summed E-state index contributed by atoms with van der Waals surface area (Å²) < 4.78 is 11.2. The molecule has 3 rings (SSSR count). The van der Waals surface area contributed by atoms with Crippen molar-refractivity contribution in [1.82, 2.24) is 9.97 Å². The first-order valence-corrected chi connectivity index (χ1v) is 8.14. The van der Waals surface area contributed by atoms with Gasteiger partial charge < -0.3 is 14.8 Å². The molecule has 0 aliphatic carbocycles. The summed E-state index contributed by atoms with van der Waals surface area (Å²) in [5, 5.41) is 2.79. The zero-order valence-electron chi connectivity index (χ0n) is 14.6. The van der Waals surface area contributed by atoms with Crippen LogP contribution in [-0.2, 0) is 4.79 Å². The van der Waals surface area contributed by atoms with E-state index in [2.05, 4.69) is 15.3 Å². The highest BCUT2D eigenvalue weighted by molar-refractivity contribution is 5.92. The summed E-state index contributed by atoms with van der Waals surface area (Å²) in [6.45, 7) is 3.90. The fraction of sp³-hybridized carbons (Fsp3) is 0.150. The number of ether oxygens (including phenoxy) is 2. The Morgan fingerprint density at radius 3 is 2.77 bits per heavy atom. The molecule has 1 aromatic heterocycles. The summed E-state index contributed by atoms with van der Waals surface area (Å²) >= 11 is 0. The minimum absolute atomic E-state index is 0.0703. The third kappa shape index (κ3) is 4.80. The van der Waals surface area contributed by atoms with Gasteiger partial charge in [-0.1, -0.05) is 23.8 Å². The lowest BCUT2D eigenvalue weighted by molar-refractivity contribution is -0.118. The lowest BCUT2D eigenvalue weighted by Crippen LogP contribution is -2.20. The van der Waals surface area contributed by atoms with Crippen LogP contribution in [0, 0.1) is 13.8 Å². The van der Waals surface area contributed by atoms with E-state index in [0.29, 0.717) is 23.1 Å². The predicted octanol–water partition coefficient (Wildman–Crippen LogP) is 3.90. The Morgan fingerprint density at radius 2 is 2.00 bits per heavy atom. The number of aryl methyl sites for hydroxylation is 2. The van der Waals surface area contributed by atoms with Crippen molar-refractivity contribution < 1.29 is 14.3 Å². The summed E-state index contributed by atoms with van der Waals surface area (Å²) in [7, 11) is 0. The van der Waals surface area contributed by atoms with Crippen LogP contribution in [0.15, 0.2) is 61.1 Å². The van der Waals surface area contributed by atoms with Gasteiger partial charge >= 0.3 is 0 Å². The van der Waals surface area contributed by atoms with Gasteiger partial charge in [0.2, 0.25) is 5.88 Å². The lowest BCUT2D eigenvalue weighted by Gasteiger charge is -2.11. The highest BCUT2D eigenvalue weighted by Crippen LogP contribution is 2.22. The summed E-state index contributed by atoms with van der Waals surface area (Å²) in [6, 6.07) is 12.9. The van der Waals surface area contributed by atoms with E-state index in [0.717, 1.165) is 11.1 Å². The maximum absolute atomic E-state index is 12.1. The van der Waals surface area contributed by atoms with E-state index in [-0.39, 0.29) is 12.5 Å². The largest absolute Gasteiger partial charge is 0.483 e. The number of anilines is 1. The number of carbonyl (C=O) groups is 1. The summed E-state index contributed by atoms with van der Waals surface area (Å²) in [4.78, 5) is 20.1. The minimum atomic E-state index is -0.248. The van der Waals surface area contributed by atoms with Crippen molar-refractivity contribution in [2.45, 2.75) is 13.8 Å². The smallest absolute Gasteiger partial charge is 0.262 e. The molecule has 132 valence electrons. The second kappa shape index (κ2) is 8.11. The molecule has 1 N–H and O–H groups in total. The zero-order valence-corrected chi connectivity index (χ0v) is 14.6. The van der Waals surface area contributed by atoms with E-state index in [1.54, 1.807) is 36.7 Å². The van der Waals surface area contributed by atoms with Gasteiger partial charge in [0.15, 0.2) is 6.61 Å². The third-order valence-electron chi connectivity index (χ3n) is 3.57. The number of aromatic nitrogens is 2. The van der Waals surface area contributed by atoms with E-state index < -0.39 is 0 Å². The van der Waals surface area contributed by atoms with Crippen LogP contribution in [0.1, 0.15) is 11.1 Å². The van der Waals surface area contributed by atoms with Crippen LogP contribution >= 0.6 is 0 Å². The molecule has 0 atom stereocenters. The Labute approximate surface area is 151 Å². The molecule has 6 nitrogen and oxygen atoms in total. The Bertz CT molecular complexity index is 898. The van der Waals surface area contributed by atoms with Gasteiger partial charge in [-0.15, -0.1) is 0 Å². The number of nitrogens with zero attached hydrogens (tertiary/aromatic N) is 2. The minimum Gasteiger partial charge on any atom is -0.483 e. The summed E-state index contributed by atoms with van der Waals surface area (Å²) in [5.74, 6) is 1.39. The molecule has 0 unspecified atom stereocenters. The van der Waals surface area contributed by atoms with Crippen LogP contribution in [0.2, 0.25) is 0 Å². The normalized spacial score (nSPS) is 10.2. The van der Waals surface area contributed by atoms with Crippen LogP contribution < -0.4 is 14.8 Å². The molecule has 6 heteroatoms. The van der Waals surface area contributed by atoms with Gasteiger partial charge in [-0.05, 0) is 37.6 Å². The monoisotopic (exact) mass is 349 g/mol. The summed E-state index contributed by atoms with van der Waals surface area (Å²) in [6.07, 6.45) is 4.63. The van der Waals surface area contributed by atoms with Gasteiger partial charge in [0.1, 0.15) is 11.5 Å². The van der Waals surface area contributed by atoms with Crippen LogP contribution in [0.5, 0.6) is 17.4 Å². The molecular weight excluding hydrogens is 330 g/mol. The molecule has 0 saturated heterocycles. The third-order valence-corrected chi connectivity index (χ3v) is 3.57. The fourth-order valence-electron chi connectivity index (χ4n) is 2.40. The average molecular weight is 349 g/mol. The van der Waals surface area contributed by atoms with Gasteiger partial charge in [-0.3, -0.25) is 9.78 Å². The second-order valence-corrected chi connectivity index (χ2v) is 5.78. The maximum Gasteiger partial charge on any atom is 0.262 e. The van der Waals surface area contributed by atoms with Crippen molar-refractivity contribution in [2.75, 3.05) is 11.9 Å². The number of hydrogen-bond donors (Lipinski definition) is 1. The lowest BCUT2D eigenvalue weighted by atomic mass is 10.1. The Balaban J connectivity index is 1.58. The van der Waals surface area contributed by atoms with E-state index >= 15 is 0 Å². The molecule has 3 aromatic rings. The van der Waals surface area contributed by atoms with Gasteiger partial charge in [0.05, 0.1) is 6.20 Å². The van der Waals surface area contributed by atoms with Gasteiger partial charge in [0, 0.05) is 24.1 Å². The molecular formula is C20H19N3O3. The van der Waals surface area contributed by atoms with Crippen LogP contribution in [0.3, 0.4) is 0 Å². The van der Waals surface area contributed by atoms with E-state index in [9.17, 15) is 4.79 Å². The standard InChI is InChI=1S/C20H19N3O3/c1-14-6-7-18(15(2)10-14)25-13-19(24)23-16-4-3-5-17(11-16)26-20-12-21-8-9-22-20/h3-12H,13H2,1-2H3,(H,23,24). The molecule has 1 heterocycles. The first-order valence-electron chi connectivity index (χ1n) is 8.14. The number of hydrogen-bond acceptors (Lipinski definition) is 5. The SMILES string of the molecule is Cc1ccc(OCC(=O)Nc2cccc(Oc3cnccn3)c2)c(C)c1. The van der Waals surface area contributed by atoms with Gasteiger partial charge in [-0.2, -0.15) is 0 Å². The van der Waals surface area contributed by atoms with Crippen molar-refractivity contribution in [3.8, 4) is 17.4 Å². The van der Waals surface area contributed by atoms with E-state index in [1.165, 1.54) is 6.20 Å². The first-order chi connectivity index (χ1) is 12.6. The molecule has 2 aromatic carbocycles. The van der Waals surface area contributed by atoms with Crippen molar-refractivity contribution >= 4 is 11.6 Å². The fourth-order valence-corrected chi connectivity index (χ4v) is 2.40. The van der Waals surface area contributed by atoms with E-state index in [1.807, 2.05) is 32.0 Å². The van der Waals surface area contributed by atoms with Crippen LogP contribution in [-0.4, -0.2) is 22.5 Å². The predicted molar refractivity (Wildman–Crippen MR) is 98.6 cm³/mol. The molecule has 0 spiro atoms. The van der Waals surface area contributed by atoms with Crippen LogP contribution in [0.25, 0.3) is 0 Å². The first kappa shape index (κ1) is 17.4. The van der Waals surface area contributed by atoms with Crippen molar-refractivity contribution in [1.29, 1.82) is 0 Å². The van der Waals surface area contributed by atoms with Crippen LogP contribution in [0.4, 0.5) is 5.69 Å². The quantitative estimate of drug-likeness (QED) is 0.730. The molecule has 0 saturated carbocycles. The molecule has 0 aliphatic heterocycles. The van der Waals surface area contributed by atoms with Gasteiger partial charge in [0.25, 0.3) is 5.91 Å². The number of carbonyl (C=O) groups excluding carboxylic acids is 1. The summed E-state index contributed by atoms with van der Waals surface area (Å²) in [5.41, 5.74) is 2.76. The van der Waals surface area contributed by atoms with Crippen molar-refractivity contribution in [2.24, 2.45) is 0 Å². The molecule has 26 heavy (non-hydrogen) atoms. The number of benzene rings is 2. The number of rotatable bonds is 6.